The van der Waals surface area contributed by atoms with Crippen LogP contribution in [0.2, 0.25) is 0 Å². The SMILES string of the molecule is COc1cccc(C2CCCN2CCN)c1. The average Bonchev–Trinajstić information content (AvgIpc) is 2.78. The zero-order valence-corrected chi connectivity index (χ0v) is 9.86. The maximum absolute atomic E-state index is 5.64. The van der Waals surface area contributed by atoms with E-state index in [0.717, 1.165) is 18.8 Å². The third-order valence-corrected chi connectivity index (χ3v) is 3.26. The summed E-state index contributed by atoms with van der Waals surface area (Å²) in [6, 6.07) is 8.90. The molecule has 1 heterocycles. The molecule has 3 heteroatoms. The van der Waals surface area contributed by atoms with Crippen LogP contribution in [0.4, 0.5) is 0 Å². The average molecular weight is 220 g/mol. The summed E-state index contributed by atoms with van der Waals surface area (Å²) in [6.07, 6.45) is 2.50. The Bertz CT molecular complexity index is 340. The Hall–Kier alpha value is -1.06. The Morgan fingerprint density at radius 3 is 3.12 bits per heavy atom. The molecule has 0 bridgehead atoms. The molecule has 1 aromatic carbocycles. The lowest BCUT2D eigenvalue weighted by Crippen LogP contribution is -2.29. The zero-order chi connectivity index (χ0) is 11.4. The Morgan fingerprint density at radius 1 is 1.50 bits per heavy atom. The Labute approximate surface area is 97.2 Å². The van der Waals surface area contributed by atoms with Gasteiger partial charge >= 0.3 is 0 Å². The predicted octanol–water partition coefficient (Wildman–Crippen LogP) is 1.79. The van der Waals surface area contributed by atoms with E-state index < -0.39 is 0 Å². The van der Waals surface area contributed by atoms with Gasteiger partial charge in [0.1, 0.15) is 5.75 Å². The minimum Gasteiger partial charge on any atom is -0.497 e. The molecule has 1 aliphatic rings. The lowest BCUT2D eigenvalue weighted by Gasteiger charge is -2.24. The summed E-state index contributed by atoms with van der Waals surface area (Å²) >= 11 is 0. The first-order valence-corrected chi connectivity index (χ1v) is 5.93. The highest BCUT2D eigenvalue weighted by Gasteiger charge is 2.25. The normalized spacial score (nSPS) is 21.2. The van der Waals surface area contributed by atoms with Gasteiger partial charge in [-0.3, -0.25) is 4.90 Å². The summed E-state index contributed by atoms with van der Waals surface area (Å²) in [5.41, 5.74) is 6.99. The molecule has 1 fully saturated rings. The van der Waals surface area contributed by atoms with Crippen LogP contribution in [0.5, 0.6) is 5.75 Å². The second-order valence-electron chi connectivity index (χ2n) is 4.26. The molecule has 1 atom stereocenters. The maximum Gasteiger partial charge on any atom is 0.119 e. The van der Waals surface area contributed by atoms with E-state index in [9.17, 15) is 0 Å². The Morgan fingerprint density at radius 2 is 2.38 bits per heavy atom. The number of likely N-dealkylation sites (tertiary alicyclic amines) is 1. The minimum atomic E-state index is 0.527. The second kappa shape index (κ2) is 5.32. The molecule has 16 heavy (non-hydrogen) atoms. The van der Waals surface area contributed by atoms with Gasteiger partial charge in [-0.25, -0.2) is 0 Å². The fraction of sp³-hybridized carbons (Fsp3) is 0.538. The van der Waals surface area contributed by atoms with Crippen LogP contribution in [0.1, 0.15) is 24.4 Å². The fourth-order valence-corrected chi connectivity index (χ4v) is 2.49. The highest BCUT2D eigenvalue weighted by molar-refractivity contribution is 5.31. The second-order valence-corrected chi connectivity index (χ2v) is 4.26. The highest BCUT2D eigenvalue weighted by atomic mass is 16.5. The summed E-state index contributed by atoms with van der Waals surface area (Å²) in [4.78, 5) is 2.47. The van der Waals surface area contributed by atoms with Crippen molar-refractivity contribution in [2.24, 2.45) is 5.73 Å². The quantitative estimate of drug-likeness (QED) is 0.840. The molecule has 0 aromatic heterocycles. The molecule has 88 valence electrons. The van der Waals surface area contributed by atoms with E-state index in [1.54, 1.807) is 7.11 Å². The van der Waals surface area contributed by atoms with Gasteiger partial charge in [0.25, 0.3) is 0 Å². The van der Waals surface area contributed by atoms with E-state index in [2.05, 4.69) is 23.1 Å². The molecule has 1 unspecified atom stereocenters. The van der Waals surface area contributed by atoms with Crippen molar-refractivity contribution in [2.75, 3.05) is 26.7 Å². The standard InChI is InChI=1S/C13H20N2O/c1-16-12-5-2-4-11(10-12)13-6-3-8-15(13)9-7-14/h2,4-5,10,13H,3,6-9,14H2,1H3. The first-order chi connectivity index (χ1) is 7.85. The monoisotopic (exact) mass is 220 g/mol. The van der Waals surface area contributed by atoms with Crippen molar-refractivity contribution in [3.05, 3.63) is 29.8 Å². The number of hydrogen-bond donors (Lipinski definition) is 1. The van der Waals surface area contributed by atoms with Gasteiger partial charge in [-0.15, -0.1) is 0 Å². The van der Waals surface area contributed by atoms with Crippen LogP contribution >= 0.6 is 0 Å². The number of methoxy groups -OCH3 is 1. The van der Waals surface area contributed by atoms with Crippen molar-refractivity contribution in [1.82, 2.24) is 4.90 Å². The molecule has 2 rings (SSSR count). The summed E-state index contributed by atoms with van der Waals surface area (Å²) in [5.74, 6) is 0.942. The smallest absolute Gasteiger partial charge is 0.119 e. The lowest BCUT2D eigenvalue weighted by atomic mass is 10.0. The van der Waals surface area contributed by atoms with E-state index in [4.69, 9.17) is 10.5 Å². The van der Waals surface area contributed by atoms with Crippen molar-refractivity contribution >= 4 is 0 Å². The molecule has 1 saturated heterocycles. The molecule has 0 radical (unpaired) electrons. The van der Waals surface area contributed by atoms with Gasteiger partial charge in [-0.1, -0.05) is 12.1 Å². The molecule has 1 aliphatic heterocycles. The van der Waals surface area contributed by atoms with Crippen LogP contribution in [-0.4, -0.2) is 31.6 Å². The number of nitrogens with two attached hydrogens (primary N) is 1. The van der Waals surface area contributed by atoms with Crippen LogP contribution in [0.3, 0.4) is 0 Å². The summed E-state index contributed by atoms with van der Waals surface area (Å²) in [6.45, 7) is 2.89. The number of hydrogen-bond acceptors (Lipinski definition) is 3. The third kappa shape index (κ3) is 2.36. The predicted molar refractivity (Wildman–Crippen MR) is 65.6 cm³/mol. The van der Waals surface area contributed by atoms with Crippen LogP contribution in [0, 0.1) is 0 Å². The topological polar surface area (TPSA) is 38.5 Å². The first-order valence-electron chi connectivity index (χ1n) is 5.93. The Kier molecular flexibility index (Phi) is 3.80. The van der Waals surface area contributed by atoms with Gasteiger partial charge in [0.05, 0.1) is 7.11 Å². The third-order valence-electron chi connectivity index (χ3n) is 3.26. The molecule has 0 aliphatic carbocycles. The largest absolute Gasteiger partial charge is 0.497 e. The van der Waals surface area contributed by atoms with Gasteiger partial charge < -0.3 is 10.5 Å². The van der Waals surface area contributed by atoms with Crippen molar-refractivity contribution in [3.63, 3.8) is 0 Å². The summed E-state index contributed by atoms with van der Waals surface area (Å²) < 4.78 is 5.27. The van der Waals surface area contributed by atoms with Gasteiger partial charge in [-0.2, -0.15) is 0 Å². The molecule has 3 nitrogen and oxygen atoms in total. The van der Waals surface area contributed by atoms with Crippen molar-refractivity contribution in [1.29, 1.82) is 0 Å². The number of benzene rings is 1. The van der Waals surface area contributed by atoms with Crippen LogP contribution in [-0.2, 0) is 0 Å². The van der Waals surface area contributed by atoms with E-state index in [1.165, 1.54) is 24.9 Å². The van der Waals surface area contributed by atoms with E-state index in [1.807, 2.05) is 6.07 Å². The molecular formula is C13H20N2O. The molecule has 2 N–H and O–H groups in total. The maximum atomic E-state index is 5.64. The van der Waals surface area contributed by atoms with Gasteiger partial charge in [-0.05, 0) is 37.1 Å². The van der Waals surface area contributed by atoms with E-state index >= 15 is 0 Å². The summed E-state index contributed by atoms with van der Waals surface area (Å²) in [5, 5.41) is 0. The number of ether oxygens (including phenoxy) is 1. The van der Waals surface area contributed by atoms with E-state index in [-0.39, 0.29) is 0 Å². The van der Waals surface area contributed by atoms with Crippen LogP contribution < -0.4 is 10.5 Å². The van der Waals surface area contributed by atoms with Crippen molar-refractivity contribution in [2.45, 2.75) is 18.9 Å². The number of nitrogens with zero attached hydrogens (tertiary/aromatic N) is 1. The van der Waals surface area contributed by atoms with Gasteiger partial charge in [0.15, 0.2) is 0 Å². The van der Waals surface area contributed by atoms with Crippen molar-refractivity contribution in [3.8, 4) is 5.75 Å². The molecule has 0 spiro atoms. The van der Waals surface area contributed by atoms with Gasteiger partial charge in [0.2, 0.25) is 0 Å². The van der Waals surface area contributed by atoms with Crippen LogP contribution in [0.25, 0.3) is 0 Å². The first kappa shape index (κ1) is 11.4. The number of rotatable bonds is 4. The molecule has 0 saturated carbocycles. The van der Waals surface area contributed by atoms with E-state index in [0.29, 0.717) is 6.04 Å². The Balaban J connectivity index is 2.15. The summed E-state index contributed by atoms with van der Waals surface area (Å²) in [7, 11) is 1.71. The lowest BCUT2D eigenvalue weighted by molar-refractivity contribution is 0.264. The van der Waals surface area contributed by atoms with Crippen molar-refractivity contribution < 1.29 is 4.74 Å². The van der Waals surface area contributed by atoms with Crippen LogP contribution in [0.15, 0.2) is 24.3 Å². The minimum absolute atomic E-state index is 0.527. The molecular weight excluding hydrogens is 200 g/mol. The molecule has 1 aromatic rings. The zero-order valence-electron chi connectivity index (χ0n) is 9.86. The highest BCUT2D eigenvalue weighted by Crippen LogP contribution is 2.32. The van der Waals surface area contributed by atoms with Gasteiger partial charge in [0, 0.05) is 19.1 Å². The fourth-order valence-electron chi connectivity index (χ4n) is 2.49. The molecule has 0 amide bonds.